The molecular formula is C19H18N4O3S2. The third-order valence-electron chi connectivity index (χ3n) is 3.83. The summed E-state index contributed by atoms with van der Waals surface area (Å²) in [6.45, 7) is 1.75. The summed E-state index contributed by atoms with van der Waals surface area (Å²) in [5.74, 6) is -0.528. The number of hydrazone groups is 1. The van der Waals surface area contributed by atoms with Gasteiger partial charge >= 0.3 is 0 Å². The van der Waals surface area contributed by atoms with E-state index in [4.69, 9.17) is 5.73 Å². The molecule has 144 valence electrons. The van der Waals surface area contributed by atoms with Crippen molar-refractivity contribution in [2.75, 3.05) is 10.5 Å². The summed E-state index contributed by atoms with van der Waals surface area (Å²) in [7, 11) is -3.76. The molecule has 0 radical (unpaired) electrons. The van der Waals surface area contributed by atoms with E-state index in [0.717, 1.165) is 16.9 Å². The number of hydrogen-bond acceptors (Lipinski definition) is 6. The fraction of sp³-hybridized carbons (Fsp3) is 0.0526. The molecule has 0 spiro atoms. The Morgan fingerprint density at radius 3 is 2.43 bits per heavy atom. The third-order valence-corrected chi connectivity index (χ3v) is 6.59. The number of nitrogens with one attached hydrogen (secondary N) is 2. The number of para-hydroxylation sites is 1. The van der Waals surface area contributed by atoms with Crippen molar-refractivity contribution in [2.45, 2.75) is 11.1 Å². The van der Waals surface area contributed by atoms with E-state index in [2.05, 4.69) is 15.2 Å². The normalized spacial score (nSPS) is 11.8. The summed E-state index contributed by atoms with van der Waals surface area (Å²) >= 11 is 1.09. The van der Waals surface area contributed by atoms with E-state index in [9.17, 15) is 13.2 Å². The molecule has 1 amide bonds. The number of benzene rings is 2. The van der Waals surface area contributed by atoms with Crippen LogP contribution in [0.4, 0.5) is 11.4 Å². The van der Waals surface area contributed by atoms with Crippen LogP contribution in [0.2, 0.25) is 0 Å². The van der Waals surface area contributed by atoms with Gasteiger partial charge in [0.05, 0.1) is 17.0 Å². The number of sulfonamides is 1. The van der Waals surface area contributed by atoms with Crippen LogP contribution in [-0.4, -0.2) is 20.0 Å². The topological polar surface area (TPSA) is 114 Å². The zero-order chi connectivity index (χ0) is 20.1. The predicted molar refractivity (Wildman–Crippen MR) is 112 cm³/mol. The molecule has 0 atom stereocenters. The standard InChI is InChI=1S/C19H18N4O3S2/c1-13(14-8-10-15(20)11-9-14)21-22-19(24)16-5-2-3-6-17(16)23-28(25,26)18-7-4-12-27-18/h2-12,23H,20H2,1H3,(H,22,24)/b21-13+. The summed E-state index contributed by atoms with van der Waals surface area (Å²) in [5.41, 5.74) is 10.5. The highest BCUT2D eigenvalue weighted by atomic mass is 32.2. The Hall–Kier alpha value is -3.17. The molecule has 0 saturated heterocycles. The van der Waals surface area contributed by atoms with Crippen molar-refractivity contribution in [3.8, 4) is 0 Å². The maximum Gasteiger partial charge on any atom is 0.273 e. The van der Waals surface area contributed by atoms with Crippen molar-refractivity contribution in [1.29, 1.82) is 0 Å². The Balaban J connectivity index is 1.79. The van der Waals surface area contributed by atoms with Crippen molar-refractivity contribution in [2.24, 2.45) is 5.10 Å². The first-order chi connectivity index (χ1) is 13.4. The number of nitrogens with zero attached hydrogens (tertiary/aromatic N) is 1. The van der Waals surface area contributed by atoms with Crippen molar-refractivity contribution < 1.29 is 13.2 Å². The zero-order valence-electron chi connectivity index (χ0n) is 14.9. The second-order valence-electron chi connectivity index (χ2n) is 5.84. The first kappa shape index (κ1) is 19.6. The molecule has 2 aromatic carbocycles. The lowest BCUT2D eigenvalue weighted by atomic mass is 10.1. The van der Waals surface area contributed by atoms with E-state index in [1.807, 2.05) is 0 Å². The predicted octanol–water partition coefficient (Wildman–Crippen LogP) is 3.29. The van der Waals surface area contributed by atoms with Crippen molar-refractivity contribution in [1.82, 2.24) is 5.43 Å². The lowest BCUT2D eigenvalue weighted by molar-refractivity contribution is 0.0955. The minimum Gasteiger partial charge on any atom is -0.399 e. The summed E-state index contributed by atoms with van der Waals surface area (Å²) in [4.78, 5) is 12.6. The van der Waals surface area contributed by atoms with Crippen LogP contribution in [0.5, 0.6) is 0 Å². The largest absolute Gasteiger partial charge is 0.399 e. The van der Waals surface area contributed by atoms with Crippen LogP contribution in [0.15, 0.2) is 75.4 Å². The number of carbonyl (C=O) groups excluding carboxylic acids is 1. The van der Waals surface area contributed by atoms with Gasteiger partial charge in [-0.3, -0.25) is 9.52 Å². The first-order valence-electron chi connectivity index (χ1n) is 8.23. The van der Waals surface area contributed by atoms with E-state index in [1.54, 1.807) is 54.8 Å². The molecule has 1 aromatic heterocycles. The Morgan fingerprint density at radius 2 is 1.75 bits per heavy atom. The van der Waals surface area contributed by atoms with Gasteiger partial charge in [0.2, 0.25) is 0 Å². The van der Waals surface area contributed by atoms with Gasteiger partial charge in [0, 0.05) is 5.69 Å². The molecule has 1 heterocycles. The molecular weight excluding hydrogens is 396 g/mol. The van der Waals surface area contributed by atoms with Gasteiger partial charge in [-0.2, -0.15) is 5.10 Å². The minimum absolute atomic E-state index is 0.163. The Labute approximate surface area is 167 Å². The molecule has 4 N–H and O–H groups in total. The second kappa shape index (κ2) is 8.24. The van der Waals surface area contributed by atoms with E-state index >= 15 is 0 Å². The Kier molecular flexibility index (Phi) is 5.76. The third kappa shape index (κ3) is 4.56. The first-order valence-corrected chi connectivity index (χ1v) is 10.6. The molecule has 3 aromatic rings. The van der Waals surface area contributed by atoms with Crippen molar-refractivity contribution in [3.05, 3.63) is 77.2 Å². The highest BCUT2D eigenvalue weighted by Gasteiger charge is 2.19. The summed E-state index contributed by atoms with van der Waals surface area (Å²) in [6, 6.07) is 16.6. The average molecular weight is 415 g/mol. The van der Waals surface area contributed by atoms with Crippen molar-refractivity contribution >= 4 is 44.4 Å². The van der Waals surface area contributed by atoms with Crippen LogP contribution < -0.4 is 15.9 Å². The van der Waals surface area contributed by atoms with Crippen LogP contribution in [-0.2, 0) is 10.0 Å². The number of thiophene rings is 1. The van der Waals surface area contributed by atoms with Crippen LogP contribution in [0.1, 0.15) is 22.8 Å². The van der Waals surface area contributed by atoms with Crippen molar-refractivity contribution in [3.63, 3.8) is 0 Å². The zero-order valence-corrected chi connectivity index (χ0v) is 16.5. The fourth-order valence-corrected chi connectivity index (χ4v) is 4.44. The maximum atomic E-state index is 12.6. The number of amides is 1. The SMILES string of the molecule is C/C(=N\NC(=O)c1ccccc1NS(=O)(=O)c1cccs1)c1ccc(N)cc1. The molecule has 3 rings (SSSR count). The van der Waals surface area contributed by atoms with Crippen LogP contribution in [0.3, 0.4) is 0 Å². The van der Waals surface area contributed by atoms with Gasteiger partial charge in [0.15, 0.2) is 0 Å². The van der Waals surface area contributed by atoms with E-state index in [-0.39, 0.29) is 15.5 Å². The molecule has 0 aliphatic carbocycles. The molecule has 0 aliphatic heterocycles. The monoisotopic (exact) mass is 414 g/mol. The van der Waals surface area contributed by atoms with Gasteiger partial charge in [-0.25, -0.2) is 13.8 Å². The van der Waals surface area contributed by atoms with E-state index in [1.165, 1.54) is 18.2 Å². The van der Waals surface area contributed by atoms with Crippen LogP contribution in [0, 0.1) is 0 Å². The number of hydrogen-bond donors (Lipinski definition) is 3. The highest BCUT2D eigenvalue weighted by molar-refractivity contribution is 7.94. The molecule has 0 aliphatic rings. The molecule has 0 bridgehead atoms. The summed E-state index contributed by atoms with van der Waals surface area (Å²) in [5, 5.41) is 5.76. The minimum atomic E-state index is -3.76. The number of carbonyl (C=O) groups is 1. The molecule has 0 unspecified atom stereocenters. The fourth-order valence-electron chi connectivity index (χ4n) is 2.37. The lowest BCUT2D eigenvalue weighted by Gasteiger charge is -2.11. The lowest BCUT2D eigenvalue weighted by Crippen LogP contribution is -2.22. The van der Waals surface area contributed by atoms with Gasteiger partial charge < -0.3 is 5.73 Å². The summed E-state index contributed by atoms with van der Waals surface area (Å²) < 4.78 is 27.5. The van der Waals surface area contributed by atoms with Crippen LogP contribution in [0.25, 0.3) is 0 Å². The van der Waals surface area contributed by atoms with Gasteiger partial charge in [-0.15, -0.1) is 11.3 Å². The van der Waals surface area contributed by atoms with Gasteiger partial charge in [0.25, 0.3) is 15.9 Å². The molecule has 28 heavy (non-hydrogen) atoms. The Morgan fingerprint density at radius 1 is 1.04 bits per heavy atom. The van der Waals surface area contributed by atoms with Gasteiger partial charge in [0.1, 0.15) is 4.21 Å². The summed E-state index contributed by atoms with van der Waals surface area (Å²) in [6.07, 6.45) is 0. The smallest absolute Gasteiger partial charge is 0.273 e. The second-order valence-corrected chi connectivity index (χ2v) is 8.70. The molecule has 7 nitrogen and oxygen atoms in total. The number of nitrogens with two attached hydrogens (primary N) is 1. The molecule has 0 fully saturated rings. The number of rotatable bonds is 6. The molecule has 0 saturated carbocycles. The molecule has 9 heteroatoms. The van der Waals surface area contributed by atoms with Crippen LogP contribution >= 0.6 is 11.3 Å². The van der Waals surface area contributed by atoms with Gasteiger partial charge in [-0.1, -0.05) is 30.3 Å². The quantitative estimate of drug-likeness (QED) is 0.326. The highest BCUT2D eigenvalue weighted by Crippen LogP contribution is 2.22. The van der Waals surface area contributed by atoms with E-state index in [0.29, 0.717) is 11.4 Å². The maximum absolute atomic E-state index is 12.6. The van der Waals surface area contributed by atoms with Gasteiger partial charge in [-0.05, 0) is 48.2 Å². The van der Waals surface area contributed by atoms with E-state index < -0.39 is 15.9 Å². The number of anilines is 2. The Bertz CT molecular complexity index is 1110. The number of nitrogen functional groups attached to an aromatic ring is 1. The average Bonchev–Trinajstić information content (AvgIpc) is 3.22.